The summed E-state index contributed by atoms with van der Waals surface area (Å²) in [6.07, 6.45) is 1.41. The fourth-order valence-corrected chi connectivity index (χ4v) is 1.79. The Bertz CT molecular complexity index is 583. The van der Waals surface area contributed by atoms with E-state index < -0.39 is 5.97 Å². The number of fused-ring (bicyclic) bond motifs is 1. The van der Waals surface area contributed by atoms with E-state index in [9.17, 15) is 4.79 Å². The first-order valence-corrected chi connectivity index (χ1v) is 5.25. The van der Waals surface area contributed by atoms with E-state index in [1.807, 2.05) is 0 Å². The summed E-state index contributed by atoms with van der Waals surface area (Å²) < 4.78 is 9.79. The number of aromatic nitrogens is 1. The lowest BCUT2D eigenvalue weighted by Gasteiger charge is -2.07. The lowest BCUT2D eigenvalue weighted by Crippen LogP contribution is -2.03. The molecule has 17 heavy (non-hydrogen) atoms. The van der Waals surface area contributed by atoms with Crippen molar-refractivity contribution in [2.24, 2.45) is 0 Å². The molecule has 0 spiro atoms. The smallest absolute Gasteiger partial charge is 0.340 e. The molecule has 0 fully saturated rings. The van der Waals surface area contributed by atoms with Crippen molar-refractivity contribution >= 4 is 28.3 Å². The number of ether oxygens (including phenoxy) is 2. The minimum Gasteiger partial charge on any atom is -0.497 e. The molecule has 0 amide bonds. The molecule has 88 valence electrons. The normalized spacial score (nSPS) is 10.3. The van der Waals surface area contributed by atoms with Gasteiger partial charge in [-0.05, 0) is 18.2 Å². The highest BCUT2D eigenvalue weighted by molar-refractivity contribution is 6.34. The second-order valence-corrected chi connectivity index (χ2v) is 3.72. The number of benzene rings is 1. The summed E-state index contributed by atoms with van der Waals surface area (Å²) in [5.41, 5.74) is 0.384. The molecule has 1 heterocycles. The maximum atomic E-state index is 11.6. The summed E-state index contributed by atoms with van der Waals surface area (Å²) in [5.74, 6) is 0.215. The zero-order valence-electron chi connectivity index (χ0n) is 9.36. The highest BCUT2D eigenvalue weighted by Gasteiger charge is 2.13. The van der Waals surface area contributed by atoms with Gasteiger partial charge in [-0.2, -0.15) is 0 Å². The van der Waals surface area contributed by atoms with Gasteiger partial charge in [0.2, 0.25) is 0 Å². The molecule has 0 N–H and O–H groups in total. The highest BCUT2D eigenvalue weighted by Crippen LogP contribution is 2.28. The topological polar surface area (TPSA) is 48.4 Å². The lowest BCUT2D eigenvalue weighted by atomic mass is 10.1. The second-order valence-electron chi connectivity index (χ2n) is 3.37. The van der Waals surface area contributed by atoms with Gasteiger partial charge in [0.1, 0.15) is 10.9 Å². The van der Waals surface area contributed by atoms with Crippen molar-refractivity contribution in [3.05, 3.63) is 35.1 Å². The first-order chi connectivity index (χ1) is 8.17. The Hall–Kier alpha value is -1.81. The van der Waals surface area contributed by atoms with Crippen LogP contribution < -0.4 is 4.74 Å². The number of hydrogen-bond acceptors (Lipinski definition) is 4. The molecule has 0 unspecified atom stereocenters. The van der Waals surface area contributed by atoms with Crippen LogP contribution in [0.1, 0.15) is 10.4 Å². The fourth-order valence-electron chi connectivity index (χ4n) is 1.59. The number of carbonyl (C=O) groups excluding carboxylic acids is 1. The van der Waals surface area contributed by atoms with E-state index in [2.05, 4.69) is 9.72 Å². The van der Waals surface area contributed by atoms with Crippen molar-refractivity contribution in [1.29, 1.82) is 0 Å². The van der Waals surface area contributed by atoms with E-state index in [0.717, 1.165) is 0 Å². The van der Waals surface area contributed by atoms with Gasteiger partial charge in [-0.3, -0.25) is 0 Å². The summed E-state index contributed by atoms with van der Waals surface area (Å²) in [6, 6.07) is 5.25. The monoisotopic (exact) mass is 251 g/mol. The van der Waals surface area contributed by atoms with Gasteiger partial charge in [-0.25, -0.2) is 9.78 Å². The number of methoxy groups -OCH3 is 2. The molecule has 1 aromatic heterocycles. The Kier molecular flexibility index (Phi) is 3.15. The lowest BCUT2D eigenvalue weighted by molar-refractivity contribution is 0.0602. The third-order valence-corrected chi connectivity index (χ3v) is 2.75. The Morgan fingerprint density at radius 2 is 2.06 bits per heavy atom. The summed E-state index contributed by atoms with van der Waals surface area (Å²) in [7, 11) is 2.89. The number of esters is 1. The minimum absolute atomic E-state index is 0.326. The number of hydrogen-bond donors (Lipinski definition) is 0. The summed E-state index contributed by atoms with van der Waals surface area (Å²) >= 11 is 5.99. The van der Waals surface area contributed by atoms with Gasteiger partial charge in [-0.15, -0.1) is 0 Å². The molecule has 5 heteroatoms. The summed E-state index contributed by atoms with van der Waals surface area (Å²) in [6.45, 7) is 0. The van der Waals surface area contributed by atoms with Crippen LogP contribution in [0, 0.1) is 0 Å². The molecular formula is C12H10ClNO3. The van der Waals surface area contributed by atoms with Crippen molar-refractivity contribution in [3.63, 3.8) is 0 Å². The first kappa shape index (κ1) is 11.7. The quantitative estimate of drug-likeness (QED) is 0.608. The van der Waals surface area contributed by atoms with Crippen molar-refractivity contribution in [2.75, 3.05) is 14.2 Å². The SMILES string of the molecule is COC(=O)c1cnc(Cl)c2cc(OC)ccc12. The second kappa shape index (κ2) is 4.59. The number of nitrogens with zero attached hydrogens (tertiary/aromatic N) is 1. The number of carbonyl (C=O) groups is 1. The van der Waals surface area contributed by atoms with Gasteiger partial charge in [0.25, 0.3) is 0 Å². The molecular weight excluding hydrogens is 242 g/mol. The van der Waals surface area contributed by atoms with E-state index in [-0.39, 0.29) is 0 Å². The van der Waals surface area contributed by atoms with Gasteiger partial charge in [0.05, 0.1) is 19.8 Å². The van der Waals surface area contributed by atoms with Crippen molar-refractivity contribution < 1.29 is 14.3 Å². The molecule has 0 aliphatic carbocycles. The van der Waals surface area contributed by atoms with Crippen LogP contribution in [0.15, 0.2) is 24.4 Å². The van der Waals surface area contributed by atoms with E-state index >= 15 is 0 Å². The first-order valence-electron chi connectivity index (χ1n) is 4.88. The fraction of sp³-hybridized carbons (Fsp3) is 0.167. The molecule has 0 atom stereocenters. The van der Waals surface area contributed by atoms with Crippen LogP contribution in [-0.2, 0) is 4.74 Å². The van der Waals surface area contributed by atoms with Crippen molar-refractivity contribution in [2.45, 2.75) is 0 Å². The number of rotatable bonds is 2. The maximum absolute atomic E-state index is 11.6. The van der Waals surface area contributed by atoms with Gasteiger partial charge in [0.15, 0.2) is 0 Å². The highest BCUT2D eigenvalue weighted by atomic mass is 35.5. The predicted octanol–water partition coefficient (Wildman–Crippen LogP) is 2.68. The van der Waals surface area contributed by atoms with E-state index in [1.165, 1.54) is 13.3 Å². The summed E-state index contributed by atoms with van der Waals surface area (Å²) in [4.78, 5) is 15.5. The maximum Gasteiger partial charge on any atom is 0.340 e. The molecule has 0 saturated heterocycles. The van der Waals surface area contributed by atoms with E-state index in [1.54, 1.807) is 25.3 Å². The van der Waals surface area contributed by atoms with Crippen LogP contribution in [0.5, 0.6) is 5.75 Å². The third kappa shape index (κ3) is 2.03. The third-order valence-electron chi connectivity index (χ3n) is 2.45. The molecule has 4 nitrogen and oxygen atoms in total. The Morgan fingerprint density at radius 1 is 1.29 bits per heavy atom. The molecule has 0 aliphatic heterocycles. The van der Waals surface area contributed by atoms with E-state index in [4.69, 9.17) is 16.3 Å². The molecule has 0 saturated carbocycles. The van der Waals surface area contributed by atoms with Gasteiger partial charge in [0, 0.05) is 17.0 Å². The minimum atomic E-state index is -0.440. The van der Waals surface area contributed by atoms with Crippen LogP contribution in [0.25, 0.3) is 10.8 Å². The largest absolute Gasteiger partial charge is 0.497 e. The average molecular weight is 252 g/mol. The number of halogens is 1. The Morgan fingerprint density at radius 3 is 2.71 bits per heavy atom. The molecule has 0 radical (unpaired) electrons. The molecule has 2 aromatic rings. The summed E-state index contributed by atoms with van der Waals surface area (Å²) in [5, 5.41) is 1.68. The zero-order valence-corrected chi connectivity index (χ0v) is 10.1. The Balaban J connectivity index is 2.73. The zero-order chi connectivity index (χ0) is 12.4. The standard InChI is InChI=1S/C12H10ClNO3/c1-16-7-3-4-8-9(5-7)11(13)14-6-10(8)12(15)17-2/h3-6H,1-2H3. The van der Waals surface area contributed by atoms with Crippen LogP contribution in [0.3, 0.4) is 0 Å². The van der Waals surface area contributed by atoms with Gasteiger partial charge >= 0.3 is 5.97 Å². The Labute approximate surface area is 103 Å². The van der Waals surface area contributed by atoms with Crippen LogP contribution in [0.2, 0.25) is 5.15 Å². The average Bonchev–Trinajstić information content (AvgIpc) is 2.38. The molecule has 2 rings (SSSR count). The molecule has 1 aromatic carbocycles. The molecule has 0 aliphatic rings. The van der Waals surface area contributed by atoms with Crippen molar-refractivity contribution in [3.8, 4) is 5.75 Å². The molecule has 0 bridgehead atoms. The predicted molar refractivity (Wildman–Crippen MR) is 64.6 cm³/mol. The number of pyridine rings is 1. The van der Waals surface area contributed by atoms with Crippen molar-refractivity contribution in [1.82, 2.24) is 4.98 Å². The van der Waals surface area contributed by atoms with Crippen LogP contribution in [0.4, 0.5) is 0 Å². The van der Waals surface area contributed by atoms with Gasteiger partial charge < -0.3 is 9.47 Å². The van der Waals surface area contributed by atoms with Crippen LogP contribution >= 0.6 is 11.6 Å². The van der Waals surface area contributed by atoms with Gasteiger partial charge in [-0.1, -0.05) is 11.6 Å². The van der Waals surface area contributed by atoms with Crippen LogP contribution in [-0.4, -0.2) is 25.2 Å². The van der Waals surface area contributed by atoms with E-state index in [0.29, 0.717) is 27.2 Å².